The van der Waals surface area contributed by atoms with Gasteiger partial charge in [-0.15, -0.1) is 0 Å². The Bertz CT molecular complexity index is 460. The maximum Gasteiger partial charge on any atom is 0.303 e. The first kappa shape index (κ1) is 15.0. The Balaban J connectivity index is 3.16. The van der Waals surface area contributed by atoms with Crippen molar-refractivity contribution in [3.05, 3.63) is 27.2 Å². The minimum atomic E-state index is -0.839. The fraction of sp³-hybridized carbons (Fsp3) is 0.462. The van der Waals surface area contributed by atoms with Crippen molar-refractivity contribution < 1.29 is 14.6 Å². The van der Waals surface area contributed by atoms with Gasteiger partial charge in [-0.2, -0.15) is 0 Å². The van der Waals surface area contributed by atoms with Crippen LogP contribution in [0.5, 0.6) is 5.75 Å². The average Bonchev–Trinajstić information content (AvgIpc) is 2.30. The summed E-state index contributed by atoms with van der Waals surface area (Å²) in [5.41, 5.74) is 8.95. The van der Waals surface area contributed by atoms with Gasteiger partial charge < -0.3 is 15.6 Å². The number of methoxy groups -OCH3 is 1. The lowest BCUT2D eigenvalue weighted by molar-refractivity contribution is -0.137. The number of hydrogen-bond donors (Lipinski definition) is 2. The van der Waals surface area contributed by atoms with Gasteiger partial charge >= 0.3 is 5.97 Å². The molecule has 0 amide bonds. The summed E-state index contributed by atoms with van der Waals surface area (Å²) < 4.78 is 6.35. The van der Waals surface area contributed by atoms with Crippen molar-refractivity contribution in [2.45, 2.75) is 32.7 Å². The molecule has 0 spiro atoms. The van der Waals surface area contributed by atoms with E-state index in [0.717, 1.165) is 26.9 Å². The number of carboxylic acid groups (broad SMARTS) is 1. The molecule has 1 rings (SSSR count). The molecule has 5 heteroatoms. The summed E-state index contributed by atoms with van der Waals surface area (Å²) >= 11 is 3.48. The predicted molar refractivity (Wildman–Crippen MR) is 74.0 cm³/mol. The zero-order chi connectivity index (χ0) is 13.9. The highest BCUT2D eigenvalue weighted by molar-refractivity contribution is 9.10. The number of nitrogens with two attached hydrogens (primary N) is 1. The van der Waals surface area contributed by atoms with Gasteiger partial charge in [0.05, 0.1) is 7.11 Å². The van der Waals surface area contributed by atoms with Crippen molar-refractivity contribution in [3.63, 3.8) is 0 Å². The molecular weight excluding hydrogens is 298 g/mol. The third-order valence-corrected chi connectivity index (χ3v) is 3.78. The van der Waals surface area contributed by atoms with Crippen LogP contribution in [0.25, 0.3) is 0 Å². The molecule has 4 nitrogen and oxygen atoms in total. The van der Waals surface area contributed by atoms with Gasteiger partial charge in [0.15, 0.2) is 0 Å². The molecule has 0 fully saturated rings. The number of hydrogen-bond acceptors (Lipinski definition) is 3. The normalized spacial score (nSPS) is 12.3. The number of benzene rings is 1. The first-order valence-electron chi connectivity index (χ1n) is 5.69. The highest BCUT2D eigenvalue weighted by Crippen LogP contribution is 2.36. The van der Waals surface area contributed by atoms with Gasteiger partial charge in [-0.3, -0.25) is 4.79 Å². The molecule has 1 atom stereocenters. The molecule has 1 unspecified atom stereocenters. The van der Waals surface area contributed by atoms with E-state index in [1.165, 1.54) is 0 Å². The summed E-state index contributed by atoms with van der Waals surface area (Å²) in [7, 11) is 1.60. The molecule has 0 bridgehead atoms. The van der Waals surface area contributed by atoms with Gasteiger partial charge in [-0.25, -0.2) is 0 Å². The molecule has 3 N–H and O–H groups in total. The number of carboxylic acids is 1. The van der Waals surface area contributed by atoms with Crippen LogP contribution in [0.1, 0.15) is 35.6 Å². The molecule has 1 aromatic carbocycles. The smallest absolute Gasteiger partial charge is 0.303 e. The van der Waals surface area contributed by atoms with E-state index >= 15 is 0 Å². The molecule has 0 aliphatic heterocycles. The summed E-state index contributed by atoms with van der Waals surface area (Å²) in [6.45, 7) is 3.89. The molecule has 100 valence electrons. The average molecular weight is 316 g/mol. The lowest BCUT2D eigenvalue weighted by Crippen LogP contribution is -2.15. The molecule has 0 heterocycles. The second kappa shape index (κ2) is 6.20. The summed E-state index contributed by atoms with van der Waals surface area (Å²) in [6.07, 6.45) is 0.442. The van der Waals surface area contributed by atoms with Crippen molar-refractivity contribution in [2.24, 2.45) is 5.73 Å². The highest BCUT2D eigenvalue weighted by atomic mass is 79.9. The van der Waals surface area contributed by atoms with Gasteiger partial charge in [0, 0.05) is 22.5 Å². The number of rotatable bonds is 5. The van der Waals surface area contributed by atoms with Crippen LogP contribution in [0.2, 0.25) is 0 Å². The molecule has 0 aliphatic rings. The summed E-state index contributed by atoms with van der Waals surface area (Å²) in [4.78, 5) is 10.6. The highest BCUT2D eigenvalue weighted by Gasteiger charge is 2.19. The van der Waals surface area contributed by atoms with E-state index in [1.54, 1.807) is 7.11 Å². The van der Waals surface area contributed by atoms with Crippen LogP contribution in [-0.4, -0.2) is 18.2 Å². The van der Waals surface area contributed by atoms with E-state index in [4.69, 9.17) is 15.6 Å². The fourth-order valence-electron chi connectivity index (χ4n) is 2.02. The second-order valence-corrected chi connectivity index (χ2v) is 5.14. The third kappa shape index (κ3) is 3.23. The van der Waals surface area contributed by atoms with Gasteiger partial charge in [0.2, 0.25) is 0 Å². The number of carbonyl (C=O) groups is 1. The van der Waals surface area contributed by atoms with Crippen LogP contribution < -0.4 is 10.5 Å². The Hall–Kier alpha value is -1.07. The maximum absolute atomic E-state index is 10.6. The van der Waals surface area contributed by atoms with Gasteiger partial charge in [0.1, 0.15) is 5.75 Å². The van der Waals surface area contributed by atoms with Crippen molar-refractivity contribution in [3.8, 4) is 5.75 Å². The monoisotopic (exact) mass is 315 g/mol. The number of aryl methyl sites for hydroxylation is 1. The fourth-order valence-corrected chi connectivity index (χ4v) is 2.57. The van der Waals surface area contributed by atoms with Crippen LogP contribution in [0.4, 0.5) is 0 Å². The third-order valence-electron chi connectivity index (χ3n) is 2.95. The van der Waals surface area contributed by atoms with Gasteiger partial charge in [0.25, 0.3) is 0 Å². The molecule has 0 radical (unpaired) electrons. The van der Waals surface area contributed by atoms with Crippen LogP contribution in [0.15, 0.2) is 10.5 Å². The van der Waals surface area contributed by atoms with E-state index in [2.05, 4.69) is 15.9 Å². The Morgan fingerprint density at radius 1 is 1.56 bits per heavy atom. The number of halogens is 1. The maximum atomic E-state index is 10.6. The van der Waals surface area contributed by atoms with E-state index in [0.29, 0.717) is 6.42 Å². The minimum absolute atomic E-state index is 0.0509. The molecule has 0 aliphatic carbocycles. The Morgan fingerprint density at radius 2 is 2.17 bits per heavy atom. The molecule has 0 saturated heterocycles. The van der Waals surface area contributed by atoms with Crippen molar-refractivity contribution in [2.75, 3.05) is 7.11 Å². The van der Waals surface area contributed by atoms with E-state index < -0.39 is 5.97 Å². The lowest BCUT2D eigenvalue weighted by atomic mass is 9.95. The zero-order valence-electron chi connectivity index (χ0n) is 10.8. The predicted octanol–water partition coefficient (Wildman–Crippen LogP) is 2.94. The minimum Gasteiger partial charge on any atom is -0.496 e. The number of ether oxygens (including phenoxy) is 1. The molecule has 0 saturated carbocycles. The first-order chi connectivity index (χ1) is 8.38. The molecule has 18 heavy (non-hydrogen) atoms. The molecule has 0 aromatic heterocycles. The van der Waals surface area contributed by atoms with Crippen molar-refractivity contribution >= 4 is 21.9 Å². The second-order valence-electron chi connectivity index (χ2n) is 4.29. The van der Waals surface area contributed by atoms with Gasteiger partial charge in [-0.05, 0) is 37.5 Å². The first-order valence-corrected chi connectivity index (χ1v) is 6.48. The van der Waals surface area contributed by atoms with Crippen LogP contribution in [-0.2, 0) is 4.79 Å². The number of aliphatic carboxylic acids is 1. The van der Waals surface area contributed by atoms with Crippen molar-refractivity contribution in [1.82, 2.24) is 0 Å². The molecular formula is C13H18BrNO3. The van der Waals surface area contributed by atoms with Gasteiger partial charge in [-0.1, -0.05) is 15.9 Å². The van der Waals surface area contributed by atoms with E-state index in [9.17, 15) is 4.79 Å². The standard InChI is InChI=1S/C13H18BrNO3/c1-7-6-9(14)8(2)12(13(7)18-3)10(15)4-5-11(16)17/h6,10H,4-5,15H2,1-3H3,(H,16,17). The van der Waals surface area contributed by atoms with Crippen LogP contribution in [0.3, 0.4) is 0 Å². The van der Waals surface area contributed by atoms with Crippen molar-refractivity contribution in [1.29, 1.82) is 0 Å². The lowest BCUT2D eigenvalue weighted by Gasteiger charge is -2.20. The topological polar surface area (TPSA) is 72.5 Å². The Kier molecular flexibility index (Phi) is 5.16. The Labute approximate surface area is 115 Å². The zero-order valence-corrected chi connectivity index (χ0v) is 12.4. The quantitative estimate of drug-likeness (QED) is 0.876. The Morgan fingerprint density at radius 3 is 2.67 bits per heavy atom. The van der Waals surface area contributed by atoms with E-state index in [1.807, 2.05) is 19.9 Å². The SMILES string of the molecule is COc1c(C)cc(Br)c(C)c1C(N)CCC(=O)O. The van der Waals surface area contributed by atoms with Crippen LogP contribution >= 0.6 is 15.9 Å². The largest absolute Gasteiger partial charge is 0.496 e. The summed E-state index contributed by atoms with van der Waals surface area (Å²) in [6, 6.07) is 1.63. The van der Waals surface area contributed by atoms with E-state index in [-0.39, 0.29) is 12.5 Å². The van der Waals surface area contributed by atoms with Crippen LogP contribution in [0, 0.1) is 13.8 Å². The molecule has 1 aromatic rings. The summed E-state index contributed by atoms with van der Waals surface area (Å²) in [5.74, 6) is -0.0950. The summed E-state index contributed by atoms with van der Waals surface area (Å²) in [5, 5.41) is 8.72.